The standard InChI is InChI=1S/C14H14BrFN2O4/c15-10-4-3-9(11(16)6-10)8-22-13(20)2-1-5-18-12(19)7-17-14(18)21/h3-4,6H,1-2,5,7-8H2,(H,17,21). The molecule has 0 aromatic heterocycles. The predicted molar refractivity (Wildman–Crippen MR) is 78.2 cm³/mol. The van der Waals surface area contributed by atoms with Crippen LogP contribution in [0.25, 0.3) is 0 Å². The fourth-order valence-corrected chi connectivity index (χ4v) is 2.27. The summed E-state index contributed by atoms with van der Waals surface area (Å²) in [6.07, 6.45) is 0.357. The number of ether oxygens (including phenoxy) is 1. The number of hydrogen-bond donors (Lipinski definition) is 1. The van der Waals surface area contributed by atoms with Gasteiger partial charge in [-0.25, -0.2) is 9.18 Å². The van der Waals surface area contributed by atoms with E-state index in [-0.39, 0.29) is 37.6 Å². The Bertz CT molecular complexity index is 593. The van der Waals surface area contributed by atoms with Gasteiger partial charge < -0.3 is 10.1 Å². The molecule has 1 aliphatic rings. The highest BCUT2D eigenvalue weighted by Crippen LogP contribution is 2.16. The lowest BCUT2D eigenvalue weighted by molar-refractivity contribution is -0.145. The molecule has 1 heterocycles. The van der Waals surface area contributed by atoms with E-state index in [9.17, 15) is 18.8 Å². The van der Waals surface area contributed by atoms with Crippen LogP contribution in [-0.4, -0.2) is 35.9 Å². The molecule has 22 heavy (non-hydrogen) atoms. The van der Waals surface area contributed by atoms with E-state index in [1.54, 1.807) is 6.07 Å². The summed E-state index contributed by atoms with van der Waals surface area (Å²) in [7, 11) is 0. The number of nitrogens with zero attached hydrogens (tertiary/aromatic N) is 1. The molecule has 0 aliphatic carbocycles. The van der Waals surface area contributed by atoms with Gasteiger partial charge in [-0.2, -0.15) is 0 Å². The molecule has 1 aromatic carbocycles. The summed E-state index contributed by atoms with van der Waals surface area (Å²) in [5.41, 5.74) is 0.283. The second-order valence-electron chi connectivity index (χ2n) is 4.70. The normalized spacial score (nSPS) is 14.2. The highest BCUT2D eigenvalue weighted by atomic mass is 79.9. The van der Waals surface area contributed by atoms with Crippen LogP contribution in [0.1, 0.15) is 18.4 Å². The summed E-state index contributed by atoms with van der Waals surface area (Å²) >= 11 is 3.14. The highest BCUT2D eigenvalue weighted by molar-refractivity contribution is 9.10. The van der Waals surface area contributed by atoms with E-state index in [1.165, 1.54) is 12.1 Å². The zero-order valence-electron chi connectivity index (χ0n) is 11.6. The maximum absolute atomic E-state index is 13.5. The highest BCUT2D eigenvalue weighted by Gasteiger charge is 2.27. The zero-order valence-corrected chi connectivity index (χ0v) is 13.2. The molecule has 0 spiro atoms. The molecule has 3 amide bonds. The van der Waals surface area contributed by atoms with Gasteiger partial charge in [0.25, 0.3) is 0 Å². The van der Waals surface area contributed by atoms with Crippen LogP contribution in [-0.2, 0) is 20.9 Å². The third-order valence-electron chi connectivity index (χ3n) is 3.10. The minimum absolute atomic E-state index is 0.00781. The van der Waals surface area contributed by atoms with Crippen LogP contribution in [0.5, 0.6) is 0 Å². The average molecular weight is 373 g/mol. The molecule has 2 rings (SSSR count). The minimum atomic E-state index is -0.505. The topological polar surface area (TPSA) is 75.7 Å². The van der Waals surface area contributed by atoms with Gasteiger partial charge in [-0.15, -0.1) is 0 Å². The molecule has 1 N–H and O–H groups in total. The Kier molecular flexibility index (Phi) is 5.48. The smallest absolute Gasteiger partial charge is 0.324 e. The summed E-state index contributed by atoms with van der Waals surface area (Å²) in [5.74, 6) is -1.27. The molecular weight excluding hydrogens is 359 g/mol. The van der Waals surface area contributed by atoms with Gasteiger partial charge in [-0.05, 0) is 18.6 Å². The lowest BCUT2D eigenvalue weighted by Crippen LogP contribution is -2.32. The maximum Gasteiger partial charge on any atom is 0.324 e. The Hall–Kier alpha value is -1.96. The van der Waals surface area contributed by atoms with Crippen LogP contribution < -0.4 is 5.32 Å². The lowest BCUT2D eigenvalue weighted by atomic mass is 10.2. The second kappa shape index (κ2) is 7.35. The molecule has 0 bridgehead atoms. The molecule has 118 valence electrons. The molecule has 1 aromatic rings. The van der Waals surface area contributed by atoms with E-state index in [2.05, 4.69) is 21.2 Å². The third kappa shape index (κ3) is 4.27. The molecule has 8 heteroatoms. The summed E-state index contributed by atoms with van der Waals surface area (Å²) in [5, 5.41) is 2.39. The van der Waals surface area contributed by atoms with Crippen molar-refractivity contribution in [3.05, 3.63) is 34.1 Å². The third-order valence-corrected chi connectivity index (χ3v) is 3.60. The molecule has 0 saturated carbocycles. The van der Waals surface area contributed by atoms with Crippen molar-refractivity contribution in [3.8, 4) is 0 Å². The van der Waals surface area contributed by atoms with Gasteiger partial charge in [-0.3, -0.25) is 14.5 Å². The number of carbonyl (C=O) groups excluding carboxylic acids is 3. The quantitative estimate of drug-likeness (QED) is 0.611. The molecule has 0 unspecified atom stereocenters. The number of amides is 3. The van der Waals surface area contributed by atoms with E-state index < -0.39 is 17.8 Å². The van der Waals surface area contributed by atoms with E-state index in [1.807, 2.05) is 0 Å². The lowest BCUT2D eigenvalue weighted by Gasteiger charge is -2.11. The Morgan fingerprint density at radius 3 is 2.82 bits per heavy atom. The van der Waals surface area contributed by atoms with Crippen molar-refractivity contribution in [3.63, 3.8) is 0 Å². The van der Waals surface area contributed by atoms with Crippen LogP contribution in [0.3, 0.4) is 0 Å². The summed E-state index contributed by atoms with van der Waals surface area (Å²) in [6, 6.07) is 4.03. The van der Waals surface area contributed by atoms with Crippen LogP contribution in [0, 0.1) is 5.82 Å². The van der Waals surface area contributed by atoms with Crippen LogP contribution >= 0.6 is 15.9 Å². The second-order valence-corrected chi connectivity index (χ2v) is 5.62. The summed E-state index contributed by atoms with van der Waals surface area (Å²) in [4.78, 5) is 35.2. The van der Waals surface area contributed by atoms with Crippen LogP contribution in [0.15, 0.2) is 22.7 Å². The fourth-order valence-electron chi connectivity index (χ4n) is 1.93. The van der Waals surface area contributed by atoms with Crippen molar-refractivity contribution >= 4 is 33.8 Å². The molecule has 0 atom stereocenters. The van der Waals surface area contributed by atoms with Gasteiger partial charge in [0, 0.05) is 23.0 Å². The average Bonchev–Trinajstić information content (AvgIpc) is 2.78. The first-order valence-electron chi connectivity index (χ1n) is 6.65. The Morgan fingerprint density at radius 2 is 2.18 bits per heavy atom. The Labute approximate surface area is 134 Å². The number of hydrogen-bond acceptors (Lipinski definition) is 4. The van der Waals surface area contributed by atoms with Crippen molar-refractivity contribution in [1.82, 2.24) is 10.2 Å². The molecule has 6 nitrogen and oxygen atoms in total. The van der Waals surface area contributed by atoms with E-state index in [4.69, 9.17) is 4.74 Å². The minimum Gasteiger partial charge on any atom is -0.461 e. The fraction of sp³-hybridized carbons (Fsp3) is 0.357. The summed E-state index contributed by atoms with van der Waals surface area (Å²) in [6.45, 7) is -0.000384. The van der Waals surface area contributed by atoms with Crippen molar-refractivity contribution < 1.29 is 23.5 Å². The molecular formula is C14H14BrFN2O4. The molecule has 1 aliphatic heterocycles. The first kappa shape index (κ1) is 16.4. The number of imide groups is 1. The predicted octanol–water partition coefficient (Wildman–Crippen LogP) is 1.96. The van der Waals surface area contributed by atoms with Crippen molar-refractivity contribution in [2.75, 3.05) is 13.1 Å². The SMILES string of the molecule is O=C(CCCN1C(=O)CNC1=O)OCc1ccc(Br)cc1F. The molecule has 0 radical (unpaired) electrons. The maximum atomic E-state index is 13.5. The van der Waals surface area contributed by atoms with Crippen molar-refractivity contribution in [2.45, 2.75) is 19.4 Å². The number of halogens is 2. The molecule has 1 saturated heterocycles. The number of urea groups is 1. The monoisotopic (exact) mass is 372 g/mol. The van der Waals surface area contributed by atoms with Crippen molar-refractivity contribution in [2.24, 2.45) is 0 Å². The van der Waals surface area contributed by atoms with Gasteiger partial charge >= 0.3 is 12.0 Å². The molecule has 1 fully saturated rings. The van der Waals surface area contributed by atoms with Crippen LogP contribution in [0.2, 0.25) is 0 Å². The Balaban J connectivity index is 1.72. The Morgan fingerprint density at radius 1 is 1.41 bits per heavy atom. The first-order valence-corrected chi connectivity index (χ1v) is 7.44. The van der Waals surface area contributed by atoms with Gasteiger partial charge in [0.05, 0.1) is 6.54 Å². The largest absolute Gasteiger partial charge is 0.461 e. The van der Waals surface area contributed by atoms with Gasteiger partial charge in [0.15, 0.2) is 0 Å². The number of nitrogens with one attached hydrogen (secondary N) is 1. The van der Waals surface area contributed by atoms with Crippen LogP contribution in [0.4, 0.5) is 9.18 Å². The van der Waals surface area contributed by atoms with E-state index in [0.29, 0.717) is 10.9 Å². The van der Waals surface area contributed by atoms with Gasteiger partial charge in [0.1, 0.15) is 12.4 Å². The van der Waals surface area contributed by atoms with Gasteiger partial charge in [-0.1, -0.05) is 22.0 Å². The van der Waals surface area contributed by atoms with Gasteiger partial charge in [0.2, 0.25) is 5.91 Å². The zero-order chi connectivity index (χ0) is 16.1. The van der Waals surface area contributed by atoms with Crippen molar-refractivity contribution in [1.29, 1.82) is 0 Å². The number of esters is 1. The van der Waals surface area contributed by atoms with E-state index in [0.717, 1.165) is 4.90 Å². The first-order chi connectivity index (χ1) is 10.5. The number of carbonyl (C=O) groups is 3. The summed E-state index contributed by atoms with van der Waals surface area (Å²) < 4.78 is 19.1. The van der Waals surface area contributed by atoms with E-state index >= 15 is 0 Å². The number of benzene rings is 1. The number of rotatable bonds is 6.